The molecule has 1 amide bonds. The number of amides is 1. The first-order chi connectivity index (χ1) is 11.8. The molecule has 1 fully saturated rings. The summed E-state index contributed by atoms with van der Waals surface area (Å²) in [5.41, 5.74) is 0.512. The zero-order valence-electron chi connectivity index (χ0n) is 15.3. The SMILES string of the molecule is CC(C)(C)OC(=O)N1C[C@@H](O)CCO[C@H](COCc2ccccc2)C1. The standard InChI is InChI=1S/C19H29NO5/c1-19(2,3)25-18(22)20-11-16(21)9-10-24-17(12-20)14-23-13-15-7-5-4-6-8-15/h4-8,16-17,21H,9-14H2,1-3H3/t16-,17-/m0/s1. The lowest BCUT2D eigenvalue weighted by Crippen LogP contribution is -2.48. The molecule has 2 atom stereocenters. The van der Waals surface area contributed by atoms with Gasteiger partial charge in [0.1, 0.15) is 5.60 Å². The number of ether oxygens (including phenoxy) is 3. The molecular weight excluding hydrogens is 322 g/mol. The molecule has 1 aliphatic heterocycles. The number of hydrogen-bond acceptors (Lipinski definition) is 5. The molecule has 0 unspecified atom stereocenters. The van der Waals surface area contributed by atoms with Crippen molar-refractivity contribution in [1.82, 2.24) is 4.90 Å². The highest BCUT2D eigenvalue weighted by Crippen LogP contribution is 2.14. The third-order valence-electron chi connectivity index (χ3n) is 3.73. The molecule has 6 heteroatoms. The van der Waals surface area contributed by atoms with Gasteiger partial charge in [-0.15, -0.1) is 0 Å². The first-order valence-electron chi connectivity index (χ1n) is 8.73. The van der Waals surface area contributed by atoms with Crippen LogP contribution in [0.1, 0.15) is 32.8 Å². The second-order valence-electron chi connectivity index (χ2n) is 7.32. The lowest BCUT2D eigenvalue weighted by molar-refractivity contribution is -0.0687. The van der Waals surface area contributed by atoms with Crippen molar-refractivity contribution < 1.29 is 24.1 Å². The predicted molar refractivity (Wildman–Crippen MR) is 94.3 cm³/mol. The average Bonchev–Trinajstić information content (AvgIpc) is 2.51. The van der Waals surface area contributed by atoms with E-state index < -0.39 is 17.8 Å². The van der Waals surface area contributed by atoms with Crippen LogP contribution in [0, 0.1) is 0 Å². The molecule has 0 spiro atoms. The lowest BCUT2D eigenvalue weighted by Gasteiger charge is -2.33. The monoisotopic (exact) mass is 351 g/mol. The molecule has 1 aromatic carbocycles. The first kappa shape index (κ1) is 19.7. The van der Waals surface area contributed by atoms with Crippen molar-refractivity contribution in [1.29, 1.82) is 0 Å². The lowest BCUT2D eigenvalue weighted by atomic mass is 10.2. The number of hydrogen-bond donors (Lipinski definition) is 1. The maximum Gasteiger partial charge on any atom is 0.410 e. The quantitative estimate of drug-likeness (QED) is 0.903. The molecule has 1 N–H and O–H groups in total. The van der Waals surface area contributed by atoms with Crippen molar-refractivity contribution in [2.75, 3.05) is 26.3 Å². The van der Waals surface area contributed by atoms with Crippen molar-refractivity contribution in [3.63, 3.8) is 0 Å². The number of aliphatic hydroxyl groups excluding tert-OH is 1. The van der Waals surface area contributed by atoms with Crippen molar-refractivity contribution >= 4 is 6.09 Å². The zero-order chi connectivity index (χ0) is 18.3. The van der Waals surface area contributed by atoms with Gasteiger partial charge in [-0.05, 0) is 32.8 Å². The number of β-amino-alcohol motifs (C(OH)–C–C–N with tert-alkyl or cyclic N) is 1. The molecular formula is C19H29NO5. The number of rotatable bonds is 4. The van der Waals surface area contributed by atoms with E-state index in [1.165, 1.54) is 4.90 Å². The van der Waals surface area contributed by atoms with Crippen LogP contribution in [0.5, 0.6) is 0 Å². The average molecular weight is 351 g/mol. The molecule has 0 saturated carbocycles. The van der Waals surface area contributed by atoms with Gasteiger partial charge in [-0.25, -0.2) is 4.79 Å². The van der Waals surface area contributed by atoms with Crippen LogP contribution in [0.15, 0.2) is 30.3 Å². The number of benzene rings is 1. The molecule has 1 aromatic rings. The Morgan fingerprint density at radius 1 is 1.28 bits per heavy atom. The van der Waals surface area contributed by atoms with E-state index in [1.807, 2.05) is 51.1 Å². The summed E-state index contributed by atoms with van der Waals surface area (Å²) in [6.45, 7) is 7.37. The molecule has 0 bridgehead atoms. The minimum atomic E-state index is -0.612. The van der Waals surface area contributed by atoms with Gasteiger partial charge in [0.2, 0.25) is 0 Å². The van der Waals surface area contributed by atoms with E-state index in [-0.39, 0.29) is 12.6 Å². The van der Waals surface area contributed by atoms with Crippen molar-refractivity contribution in [2.24, 2.45) is 0 Å². The van der Waals surface area contributed by atoms with Gasteiger partial charge < -0.3 is 24.2 Å². The Bertz CT molecular complexity index is 528. The Morgan fingerprint density at radius 2 is 2.00 bits per heavy atom. The van der Waals surface area contributed by atoms with Gasteiger partial charge in [-0.2, -0.15) is 0 Å². The molecule has 25 heavy (non-hydrogen) atoms. The van der Waals surface area contributed by atoms with Crippen LogP contribution in [0.4, 0.5) is 4.79 Å². The maximum absolute atomic E-state index is 12.4. The normalized spacial score (nSPS) is 22.2. The zero-order valence-corrected chi connectivity index (χ0v) is 15.3. The molecule has 1 aliphatic rings. The Balaban J connectivity index is 1.89. The summed E-state index contributed by atoms with van der Waals surface area (Å²) < 4.78 is 16.9. The molecule has 2 rings (SSSR count). The Kier molecular flexibility index (Phi) is 7.23. The first-order valence-corrected chi connectivity index (χ1v) is 8.73. The van der Waals surface area contributed by atoms with E-state index in [9.17, 15) is 9.90 Å². The van der Waals surface area contributed by atoms with Crippen LogP contribution in [-0.4, -0.2) is 60.2 Å². The second kappa shape index (κ2) is 9.17. The van der Waals surface area contributed by atoms with Gasteiger partial charge in [0.05, 0.1) is 38.5 Å². The summed E-state index contributed by atoms with van der Waals surface area (Å²) in [4.78, 5) is 13.9. The molecule has 6 nitrogen and oxygen atoms in total. The molecule has 0 aromatic heterocycles. The third-order valence-corrected chi connectivity index (χ3v) is 3.73. The van der Waals surface area contributed by atoms with Gasteiger partial charge in [0.15, 0.2) is 0 Å². The van der Waals surface area contributed by atoms with Crippen molar-refractivity contribution in [2.45, 2.75) is 51.6 Å². The molecule has 0 radical (unpaired) electrons. The Hall–Kier alpha value is -1.63. The van der Waals surface area contributed by atoms with Crippen LogP contribution in [-0.2, 0) is 20.8 Å². The number of aliphatic hydroxyl groups is 1. The van der Waals surface area contributed by atoms with Crippen LogP contribution in [0.25, 0.3) is 0 Å². The van der Waals surface area contributed by atoms with E-state index in [4.69, 9.17) is 14.2 Å². The van der Waals surface area contributed by atoms with E-state index in [1.54, 1.807) is 0 Å². The fourth-order valence-electron chi connectivity index (χ4n) is 2.55. The summed E-state index contributed by atoms with van der Waals surface area (Å²) in [6, 6.07) is 9.91. The molecule has 1 saturated heterocycles. The third kappa shape index (κ3) is 7.42. The predicted octanol–water partition coefficient (Wildman–Crippen LogP) is 2.59. The highest BCUT2D eigenvalue weighted by Gasteiger charge is 2.28. The van der Waals surface area contributed by atoms with E-state index in [2.05, 4.69) is 0 Å². The minimum Gasteiger partial charge on any atom is -0.444 e. The Morgan fingerprint density at radius 3 is 2.68 bits per heavy atom. The smallest absolute Gasteiger partial charge is 0.410 e. The van der Waals surface area contributed by atoms with Crippen LogP contribution >= 0.6 is 0 Å². The summed E-state index contributed by atoms with van der Waals surface area (Å²) in [5.74, 6) is 0. The van der Waals surface area contributed by atoms with E-state index in [0.717, 1.165) is 5.56 Å². The van der Waals surface area contributed by atoms with Gasteiger partial charge in [0.25, 0.3) is 0 Å². The van der Waals surface area contributed by atoms with Crippen molar-refractivity contribution in [3.8, 4) is 0 Å². The van der Waals surface area contributed by atoms with Crippen LogP contribution < -0.4 is 0 Å². The van der Waals surface area contributed by atoms with Gasteiger partial charge >= 0.3 is 6.09 Å². The van der Waals surface area contributed by atoms with Crippen LogP contribution in [0.2, 0.25) is 0 Å². The van der Waals surface area contributed by atoms with Crippen LogP contribution in [0.3, 0.4) is 0 Å². The topological polar surface area (TPSA) is 68.2 Å². The van der Waals surface area contributed by atoms with Gasteiger partial charge in [-0.3, -0.25) is 0 Å². The molecule has 140 valence electrons. The van der Waals surface area contributed by atoms with Gasteiger partial charge in [-0.1, -0.05) is 30.3 Å². The summed E-state index contributed by atoms with van der Waals surface area (Å²) in [7, 11) is 0. The number of carbonyl (C=O) groups excluding carboxylic acids is 1. The van der Waals surface area contributed by atoms with E-state index in [0.29, 0.717) is 32.8 Å². The summed E-state index contributed by atoms with van der Waals surface area (Å²) >= 11 is 0. The minimum absolute atomic E-state index is 0.244. The summed E-state index contributed by atoms with van der Waals surface area (Å²) in [5, 5.41) is 9.98. The maximum atomic E-state index is 12.4. The van der Waals surface area contributed by atoms with Gasteiger partial charge in [0, 0.05) is 6.61 Å². The Labute approximate surface area is 149 Å². The van der Waals surface area contributed by atoms with E-state index >= 15 is 0 Å². The fourth-order valence-corrected chi connectivity index (χ4v) is 2.55. The number of carbonyl (C=O) groups is 1. The number of nitrogens with zero attached hydrogens (tertiary/aromatic N) is 1. The fraction of sp³-hybridized carbons (Fsp3) is 0.632. The second-order valence-corrected chi connectivity index (χ2v) is 7.32. The van der Waals surface area contributed by atoms with Crippen molar-refractivity contribution in [3.05, 3.63) is 35.9 Å². The molecule has 1 heterocycles. The highest BCUT2D eigenvalue weighted by atomic mass is 16.6. The summed E-state index contributed by atoms with van der Waals surface area (Å²) in [6.07, 6.45) is -0.818. The highest BCUT2D eigenvalue weighted by molar-refractivity contribution is 5.68. The largest absolute Gasteiger partial charge is 0.444 e. The molecule has 0 aliphatic carbocycles.